The van der Waals surface area contributed by atoms with Gasteiger partial charge in [0.25, 0.3) is 0 Å². The molecule has 0 aliphatic heterocycles. The molecule has 0 saturated heterocycles. The Kier molecular flexibility index (Phi) is 10.4. The molecule has 0 amide bonds. The summed E-state index contributed by atoms with van der Waals surface area (Å²) in [6.45, 7) is 3.18. The van der Waals surface area contributed by atoms with Gasteiger partial charge in [-0.15, -0.1) is 34.2 Å². The van der Waals surface area contributed by atoms with Crippen LogP contribution in [0.1, 0.15) is 55.1 Å². The summed E-state index contributed by atoms with van der Waals surface area (Å²) in [6, 6.07) is 5.71. The third-order valence-corrected chi connectivity index (χ3v) is 6.03. The van der Waals surface area contributed by atoms with Gasteiger partial charge >= 0.3 is 0 Å². The van der Waals surface area contributed by atoms with Gasteiger partial charge in [-0.2, -0.15) is 0 Å². The number of aromatic nitrogens is 3. The van der Waals surface area contributed by atoms with Crippen LogP contribution in [0.3, 0.4) is 0 Å². The molecule has 0 bridgehead atoms. The van der Waals surface area contributed by atoms with Crippen molar-refractivity contribution in [1.82, 2.24) is 25.4 Å². The third-order valence-electron chi connectivity index (χ3n) is 5.38. The first-order valence-electron chi connectivity index (χ1n) is 10.3. The number of aryl methyl sites for hydroxylation is 2. The summed E-state index contributed by atoms with van der Waals surface area (Å²) in [7, 11) is 1.76. The molecule has 166 valence electrons. The van der Waals surface area contributed by atoms with E-state index in [9.17, 15) is 4.39 Å². The molecular weight excluding hydrogens is 514 g/mol. The summed E-state index contributed by atoms with van der Waals surface area (Å²) in [5, 5.41) is 16.5. The predicted octanol–water partition coefficient (Wildman–Crippen LogP) is 4.48. The Morgan fingerprint density at radius 1 is 1.27 bits per heavy atom. The molecule has 2 N–H and O–H groups in total. The van der Waals surface area contributed by atoms with Gasteiger partial charge in [-0.1, -0.05) is 36.7 Å². The molecule has 30 heavy (non-hydrogen) atoms. The number of nitrogens with zero attached hydrogens (tertiary/aromatic N) is 4. The van der Waals surface area contributed by atoms with Crippen molar-refractivity contribution in [1.29, 1.82) is 0 Å². The zero-order valence-electron chi connectivity index (χ0n) is 17.9. The summed E-state index contributed by atoms with van der Waals surface area (Å²) in [5.74, 6) is 1.66. The first-order chi connectivity index (χ1) is 14.1. The van der Waals surface area contributed by atoms with Crippen LogP contribution in [0.15, 0.2) is 28.3 Å². The largest absolute Gasteiger partial charge is 0.356 e. The minimum atomic E-state index is -0.175. The monoisotopic (exact) mass is 546 g/mol. The zero-order chi connectivity index (χ0) is 20.6. The van der Waals surface area contributed by atoms with Crippen molar-refractivity contribution in [2.75, 3.05) is 19.8 Å². The van der Waals surface area contributed by atoms with Crippen LogP contribution in [-0.2, 0) is 13.0 Å². The number of benzene rings is 1. The molecule has 6 nitrogen and oxygen atoms in total. The predicted molar refractivity (Wildman–Crippen MR) is 132 cm³/mol. The molecule has 3 rings (SSSR count). The summed E-state index contributed by atoms with van der Waals surface area (Å²) in [4.78, 5) is 4.27. The van der Waals surface area contributed by atoms with E-state index in [1.807, 2.05) is 6.07 Å². The lowest BCUT2D eigenvalue weighted by Gasteiger charge is -2.16. The van der Waals surface area contributed by atoms with Gasteiger partial charge in [0, 0.05) is 32.6 Å². The van der Waals surface area contributed by atoms with Gasteiger partial charge in [0.1, 0.15) is 11.6 Å². The van der Waals surface area contributed by atoms with E-state index in [1.54, 1.807) is 31.8 Å². The Labute approximate surface area is 199 Å². The third kappa shape index (κ3) is 6.57. The lowest BCUT2D eigenvalue weighted by atomic mass is 10.1. The lowest BCUT2D eigenvalue weighted by molar-refractivity contribution is 0.460. The summed E-state index contributed by atoms with van der Waals surface area (Å²) in [6.07, 6.45) is 8.98. The first kappa shape index (κ1) is 24.9. The SMILES string of the molecule is CN=C(NCCCc1nnc(SC)n1C1CCCC1)NCc1ccc(F)c(C)c1.I. The summed E-state index contributed by atoms with van der Waals surface area (Å²) >= 11 is 1.68. The maximum Gasteiger partial charge on any atom is 0.191 e. The molecule has 1 aliphatic carbocycles. The van der Waals surface area contributed by atoms with E-state index in [0.29, 0.717) is 18.2 Å². The Balaban J connectivity index is 0.00000320. The Morgan fingerprint density at radius 3 is 2.70 bits per heavy atom. The number of guanidine groups is 1. The van der Waals surface area contributed by atoms with Crippen LogP contribution >= 0.6 is 35.7 Å². The molecule has 1 aliphatic rings. The van der Waals surface area contributed by atoms with Crippen LogP contribution in [0.5, 0.6) is 0 Å². The normalized spacial score (nSPS) is 14.6. The maximum atomic E-state index is 13.4. The highest BCUT2D eigenvalue weighted by Gasteiger charge is 2.23. The van der Waals surface area contributed by atoms with Crippen LogP contribution in [0.4, 0.5) is 4.39 Å². The molecule has 0 atom stereocenters. The topological polar surface area (TPSA) is 67.1 Å². The quantitative estimate of drug-likeness (QED) is 0.168. The number of hydrogen-bond donors (Lipinski definition) is 2. The Morgan fingerprint density at radius 2 is 2.03 bits per heavy atom. The second-order valence-corrected chi connectivity index (χ2v) is 8.22. The highest BCUT2D eigenvalue weighted by atomic mass is 127. The van der Waals surface area contributed by atoms with E-state index in [2.05, 4.69) is 36.6 Å². The van der Waals surface area contributed by atoms with Crippen molar-refractivity contribution in [2.45, 2.75) is 63.2 Å². The fourth-order valence-corrected chi connectivity index (χ4v) is 4.40. The number of hydrogen-bond acceptors (Lipinski definition) is 4. The molecule has 1 aromatic heterocycles. The lowest BCUT2D eigenvalue weighted by Crippen LogP contribution is -2.37. The van der Waals surface area contributed by atoms with Gasteiger partial charge in [-0.25, -0.2) is 4.39 Å². The molecule has 0 unspecified atom stereocenters. The molecule has 0 radical (unpaired) electrons. The van der Waals surface area contributed by atoms with E-state index >= 15 is 0 Å². The molecule has 1 fully saturated rings. The number of rotatable bonds is 8. The van der Waals surface area contributed by atoms with Crippen molar-refractivity contribution >= 4 is 41.7 Å². The molecular formula is C21H32FIN6S. The number of aliphatic imine (C=N–C) groups is 1. The van der Waals surface area contributed by atoms with E-state index in [-0.39, 0.29) is 29.8 Å². The molecule has 1 heterocycles. The highest BCUT2D eigenvalue weighted by molar-refractivity contribution is 14.0. The van der Waals surface area contributed by atoms with E-state index < -0.39 is 0 Å². The van der Waals surface area contributed by atoms with Crippen LogP contribution in [0.2, 0.25) is 0 Å². The fourth-order valence-electron chi connectivity index (χ4n) is 3.82. The van der Waals surface area contributed by atoms with Gasteiger partial charge in [0.2, 0.25) is 0 Å². The minimum Gasteiger partial charge on any atom is -0.356 e. The van der Waals surface area contributed by atoms with Gasteiger partial charge in [-0.3, -0.25) is 4.99 Å². The average Bonchev–Trinajstić information content (AvgIpc) is 3.39. The Hall–Kier alpha value is -1.36. The first-order valence-corrected chi connectivity index (χ1v) is 11.5. The fraction of sp³-hybridized carbons (Fsp3) is 0.571. The van der Waals surface area contributed by atoms with E-state index in [0.717, 1.165) is 41.9 Å². The molecule has 2 aromatic rings. The maximum absolute atomic E-state index is 13.4. The number of halogens is 2. The summed E-state index contributed by atoms with van der Waals surface area (Å²) < 4.78 is 15.8. The van der Waals surface area contributed by atoms with Crippen molar-refractivity contribution in [3.63, 3.8) is 0 Å². The van der Waals surface area contributed by atoms with Crippen molar-refractivity contribution in [3.05, 3.63) is 41.0 Å². The second kappa shape index (κ2) is 12.5. The van der Waals surface area contributed by atoms with Gasteiger partial charge in [0.05, 0.1) is 0 Å². The smallest absolute Gasteiger partial charge is 0.191 e. The van der Waals surface area contributed by atoms with Crippen molar-refractivity contribution in [3.8, 4) is 0 Å². The Bertz CT molecular complexity index is 835. The van der Waals surface area contributed by atoms with Crippen LogP contribution in [-0.4, -0.2) is 40.6 Å². The minimum absolute atomic E-state index is 0. The van der Waals surface area contributed by atoms with Crippen LogP contribution in [0, 0.1) is 12.7 Å². The standard InChI is InChI=1S/C21H31FN6S.HI/c1-15-13-16(10-11-18(15)22)14-25-20(23-2)24-12-6-9-19-26-27-21(29-3)28(19)17-7-4-5-8-17;/h10-11,13,17H,4-9,12,14H2,1-3H3,(H2,23,24,25);1H. The van der Waals surface area contributed by atoms with Crippen LogP contribution in [0.25, 0.3) is 0 Å². The number of thioether (sulfide) groups is 1. The van der Waals surface area contributed by atoms with E-state index in [1.165, 1.54) is 31.7 Å². The summed E-state index contributed by atoms with van der Waals surface area (Å²) in [5.41, 5.74) is 1.68. The van der Waals surface area contributed by atoms with E-state index in [4.69, 9.17) is 0 Å². The van der Waals surface area contributed by atoms with Gasteiger partial charge in [-0.05, 0) is 49.6 Å². The highest BCUT2D eigenvalue weighted by Crippen LogP contribution is 2.33. The van der Waals surface area contributed by atoms with Crippen molar-refractivity contribution in [2.24, 2.45) is 4.99 Å². The molecule has 1 saturated carbocycles. The molecule has 0 spiro atoms. The van der Waals surface area contributed by atoms with Crippen molar-refractivity contribution < 1.29 is 4.39 Å². The molecule has 9 heteroatoms. The average molecular weight is 546 g/mol. The van der Waals surface area contributed by atoms with Gasteiger partial charge < -0.3 is 15.2 Å². The number of nitrogens with one attached hydrogen (secondary N) is 2. The molecule has 1 aromatic carbocycles. The van der Waals surface area contributed by atoms with Gasteiger partial charge in [0.15, 0.2) is 11.1 Å². The zero-order valence-corrected chi connectivity index (χ0v) is 21.1. The second-order valence-electron chi connectivity index (χ2n) is 7.45. The van der Waals surface area contributed by atoms with Crippen LogP contribution < -0.4 is 10.6 Å².